The highest BCUT2D eigenvalue weighted by atomic mass is 16.5. The van der Waals surface area contributed by atoms with E-state index in [-0.39, 0.29) is 12.0 Å². The second kappa shape index (κ2) is 5.66. The van der Waals surface area contributed by atoms with Crippen LogP contribution in [-0.4, -0.2) is 13.1 Å². The fourth-order valence-electron chi connectivity index (χ4n) is 1.66. The van der Waals surface area contributed by atoms with Crippen LogP contribution in [0.1, 0.15) is 42.2 Å². The first kappa shape index (κ1) is 12.7. The van der Waals surface area contributed by atoms with Crippen molar-refractivity contribution >= 4 is 5.97 Å². The molecule has 1 rings (SSSR count). The molecule has 3 heteroatoms. The minimum Gasteiger partial charge on any atom is -0.465 e. The van der Waals surface area contributed by atoms with E-state index < -0.39 is 0 Å². The quantitative estimate of drug-likeness (QED) is 0.795. The molecule has 0 amide bonds. The topological polar surface area (TPSA) is 52.3 Å². The number of ether oxygens (including phenoxy) is 1. The standard InChI is InChI=1S/C13H19NO2/c1-9(2)7-12(14)10-5-4-6-11(8-10)13(15)16-3/h4-6,8-9,12H,7,14H2,1-3H3. The summed E-state index contributed by atoms with van der Waals surface area (Å²) in [5, 5.41) is 0. The first-order valence-electron chi connectivity index (χ1n) is 5.48. The number of nitrogens with two attached hydrogens (primary N) is 1. The average molecular weight is 221 g/mol. The van der Waals surface area contributed by atoms with Gasteiger partial charge in [0.25, 0.3) is 0 Å². The maximum absolute atomic E-state index is 11.3. The molecular weight excluding hydrogens is 202 g/mol. The maximum Gasteiger partial charge on any atom is 0.337 e. The van der Waals surface area contributed by atoms with Gasteiger partial charge in [0.1, 0.15) is 0 Å². The van der Waals surface area contributed by atoms with Crippen LogP contribution in [0.2, 0.25) is 0 Å². The van der Waals surface area contributed by atoms with Crippen molar-refractivity contribution in [2.24, 2.45) is 11.7 Å². The molecule has 16 heavy (non-hydrogen) atoms. The van der Waals surface area contributed by atoms with Crippen LogP contribution in [0.25, 0.3) is 0 Å². The summed E-state index contributed by atoms with van der Waals surface area (Å²) in [5.74, 6) is 0.218. The smallest absolute Gasteiger partial charge is 0.337 e. The van der Waals surface area contributed by atoms with Crippen molar-refractivity contribution < 1.29 is 9.53 Å². The first-order valence-corrected chi connectivity index (χ1v) is 5.48. The van der Waals surface area contributed by atoms with E-state index in [1.165, 1.54) is 7.11 Å². The highest BCUT2D eigenvalue weighted by Gasteiger charge is 2.11. The fourth-order valence-corrected chi connectivity index (χ4v) is 1.66. The summed E-state index contributed by atoms with van der Waals surface area (Å²) < 4.78 is 4.67. The molecule has 1 aromatic carbocycles. The lowest BCUT2D eigenvalue weighted by Crippen LogP contribution is -2.13. The molecule has 0 heterocycles. The van der Waals surface area contributed by atoms with Gasteiger partial charge in [-0.3, -0.25) is 0 Å². The van der Waals surface area contributed by atoms with E-state index in [4.69, 9.17) is 5.73 Å². The summed E-state index contributed by atoms with van der Waals surface area (Å²) in [6.45, 7) is 4.26. The van der Waals surface area contributed by atoms with Crippen LogP contribution in [0.4, 0.5) is 0 Å². The van der Waals surface area contributed by atoms with Crippen molar-refractivity contribution in [2.45, 2.75) is 26.3 Å². The maximum atomic E-state index is 11.3. The van der Waals surface area contributed by atoms with Crippen LogP contribution in [-0.2, 0) is 4.74 Å². The van der Waals surface area contributed by atoms with Gasteiger partial charge < -0.3 is 10.5 Å². The Labute approximate surface area is 96.6 Å². The SMILES string of the molecule is COC(=O)c1cccc(C(N)CC(C)C)c1. The van der Waals surface area contributed by atoms with Crippen LogP contribution in [0.5, 0.6) is 0 Å². The lowest BCUT2D eigenvalue weighted by molar-refractivity contribution is 0.0600. The number of esters is 1. The Balaban J connectivity index is 2.85. The van der Waals surface area contributed by atoms with Gasteiger partial charge in [-0.1, -0.05) is 26.0 Å². The predicted molar refractivity (Wildman–Crippen MR) is 64.2 cm³/mol. The highest BCUT2D eigenvalue weighted by Crippen LogP contribution is 2.19. The second-order valence-electron chi connectivity index (χ2n) is 4.35. The van der Waals surface area contributed by atoms with Crippen molar-refractivity contribution in [1.82, 2.24) is 0 Å². The van der Waals surface area contributed by atoms with Crippen LogP contribution < -0.4 is 5.73 Å². The zero-order valence-corrected chi connectivity index (χ0v) is 10.1. The molecule has 0 radical (unpaired) electrons. The molecule has 0 saturated carbocycles. The Kier molecular flexibility index (Phi) is 4.50. The van der Waals surface area contributed by atoms with E-state index in [1.54, 1.807) is 12.1 Å². The molecule has 0 aliphatic carbocycles. The molecular formula is C13H19NO2. The van der Waals surface area contributed by atoms with Crippen molar-refractivity contribution in [3.8, 4) is 0 Å². The molecule has 1 unspecified atom stereocenters. The normalized spacial score (nSPS) is 12.6. The Morgan fingerprint density at radius 2 is 2.12 bits per heavy atom. The zero-order chi connectivity index (χ0) is 12.1. The van der Waals surface area contributed by atoms with E-state index in [2.05, 4.69) is 18.6 Å². The van der Waals surface area contributed by atoms with Crippen LogP contribution >= 0.6 is 0 Å². The Bertz CT molecular complexity index is 361. The van der Waals surface area contributed by atoms with Gasteiger partial charge in [0.15, 0.2) is 0 Å². The molecule has 1 atom stereocenters. The molecule has 0 spiro atoms. The molecule has 0 aliphatic rings. The van der Waals surface area contributed by atoms with Gasteiger partial charge in [0.05, 0.1) is 12.7 Å². The van der Waals surface area contributed by atoms with Gasteiger partial charge in [-0.25, -0.2) is 4.79 Å². The number of hydrogen-bond acceptors (Lipinski definition) is 3. The molecule has 0 aromatic heterocycles. The van der Waals surface area contributed by atoms with E-state index in [9.17, 15) is 4.79 Å². The number of carbonyl (C=O) groups excluding carboxylic acids is 1. The summed E-state index contributed by atoms with van der Waals surface area (Å²) in [4.78, 5) is 11.3. The molecule has 2 N–H and O–H groups in total. The Hall–Kier alpha value is -1.35. The average Bonchev–Trinajstić information content (AvgIpc) is 2.27. The summed E-state index contributed by atoms with van der Waals surface area (Å²) in [5.41, 5.74) is 7.59. The van der Waals surface area contributed by atoms with Crippen molar-refractivity contribution in [3.05, 3.63) is 35.4 Å². The minimum atomic E-state index is -0.321. The Morgan fingerprint density at radius 1 is 1.44 bits per heavy atom. The number of benzene rings is 1. The largest absolute Gasteiger partial charge is 0.465 e. The second-order valence-corrected chi connectivity index (χ2v) is 4.35. The third-order valence-corrected chi connectivity index (χ3v) is 2.46. The molecule has 0 fully saturated rings. The highest BCUT2D eigenvalue weighted by molar-refractivity contribution is 5.89. The van der Waals surface area contributed by atoms with Crippen LogP contribution in [0.15, 0.2) is 24.3 Å². The number of hydrogen-bond donors (Lipinski definition) is 1. The Morgan fingerprint density at radius 3 is 2.69 bits per heavy atom. The molecule has 0 bridgehead atoms. The van der Waals surface area contributed by atoms with Crippen molar-refractivity contribution in [3.63, 3.8) is 0 Å². The van der Waals surface area contributed by atoms with Gasteiger partial charge in [-0.15, -0.1) is 0 Å². The molecule has 1 aromatic rings. The molecule has 0 aliphatic heterocycles. The summed E-state index contributed by atoms with van der Waals surface area (Å²) in [6, 6.07) is 7.29. The first-order chi connectivity index (χ1) is 7.54. The summed E-state index contributed by atoms with van der Waals surface area (Å²) in [6.07, 6.45) is 0.907. The van der Waals surface area contributed by atoms with E-state index >= 15 is 0 Å². The van der Waals surface area contributed by atoms with E-state index in [0.717, 1.165) is 12.0 Å². The molecule has 0 saturated heterocycles. The zero-order valence-electron chi connectivity index (χ0n) is 10.1. The summed E-state index contributed by atoms with van der Waals surface area (Å²) >= 11 is 0. The van der Waals surface area contributed by atoms with E-state index in [0.29, 0.717) is 11.5 Å². The molecule has 3 nitrogen and oxygen atoms in total. The fraction of sp³-hybridized carbons (Fsp3) is 0.462. The minimum absolute atomic E-state index is 0.0235. The lowest BCUT2D eigenvalue weighted by Gasteiger charge is -2.14. The lowest BCUT2D eigenvalue weighted by atomic mass is 9.96. The number of carbonyl (C=O) groups is 1. The van der Waals surface area contributed by atoms with Gasteiger partial charge >= 0.3 is 5.97 Å². The predicted octanol–water partition coefficient (Wildman–Crippen LogP) is 2.52. The third kappa shape index (κ3) is 3.35. The third-order valence-electron chi connectivity index (χ3n) is 2.46. The molecule has 88 valence electrons. The van der Waals surface area contributed by atoms with Gasteiger partial charge in [0.2, 0.25) is 0 Å². The number of rotatable bonds is 4. The van der Waals surface area contributed by atoms with Gasteiger partial charge in [-0.2, -0.15) is 0 Å². The summed E-state index contributed by atoms with van der Waals surface area (Å²) in [7, 11) is 1.38. The van der Waals surface area contributed by atoms with Gasteiger partial charge in [0, 0.05) is 6.04 Å². The van der Waals surface area contributed by atoms with E-state index in [1.807, 2.05) is 12.1 Å². The number of methoxy groups -OCH3 is 1. The van der Waals surface area contributed by atoms with Crippen molar-refractivity contribution in [1.29, 1.82) is 0 Å². The van der Waals surface area contributed by atoms with Crippen LogP contribution in [0, 0.1) is 5.92 Å². The monoisotopic (exact) mass is 221 g/mol. The van der Waals surface area contributed by atoms with Gasteiger partial charge in [-0.05, 0) is 30.0 Å². The van der Waals surface area contributed by atoms with Crippen molar-refractivity contribution in [2.75, 3.05) is 7.11 Å². The van der Waals surface area contributed by atoms with Crippen LogP contribution in [0.3, 0.4) is 0 Å².